The predicted octanol–water partition coefficient (Wildman–Crippen LogP) is 5.68. The molecular weight excluding hydrogens is 415 g/mol. The average molecular weight is 438 g/mol. The molecule has 2 rings (SSSR count). The summed E-state index contributed by atoms with van der Waals surface area (Å²) in [4.78, 5) is 11.8. The van der Waals surface area contributed by atoms with Crippen molar-refractivity contribution in [3.05, 3.63) is 28.2 Å². The zero-order valence-corrected chi connectivity index (χ0v) is 16.5. The van der Waals surface area contributed by atoms with Crippen molar-refractivity contribution in [3.63, 3.8) is 0 Å². The van der Waals surface area contributed by atoms with E-state index in [4.69, 9.17) is 9.47 Å². The summed E-state index contributed by atoms with van der Waals surface area (Å²) in [5.74, 6) is 0.397. The minimum Gasteiger partial charge on any atom is -0.490 e. The van der Waals surface area contributed by atoms with Crippen LogP contribution in [0, 0.1) is 0 Å². The Hall–Kier alpha value is -1.44. The summed E-state index contributed by atoms with van der Waals surface area (Å²) >= 11 is 2.95. The van der Waals surface area contributed by atoms with Crippen LogP contribution in [0.15, 0.2) is 22.7 Å². The van der Waals surface area contributed by atoms with Gasteiger partial charge in [-0.15, -0.1) is 0 Å². The van der Waals surface area contributed by atoms with Crippen molar-refractivity contribution in [1.29, 1.82) is 0 Å². The van der Waals surface area contributed by atoms with Gasteiger partial charge in [0.25, 0.3) is 0 Å². The minimum absolute atomic E-state index is 0.0176. The molecule has 1 N–H and O–H groups in total. The first-order valence-electron chi connectivity index (χ1n) is 8.47. The molecule has 4 nitrogen and oxygen atoms in total. The number of hydrogen-bond acceptors (Lipinski definition) is 3. The van der Waals surface area contributed by atoms with Gasteiger partial charge in [0.2, 0.25) is 0 Å². The Balaban J connectivity index is 1.84. The molecule has 1 fully saturated rings. The second kappa shape index (κ2) is 8.06. The molecule has 0 aromatic heterocycles. The summed E-state index contributed by atoms with van der Waals surface area (Å²) in [6, 6.07) is 3.70. The number of nitrogens with one attached hydrogen (secondary N) is 1. The van der Waals surface area contributed by atoms with E-state index in [2.05, 4.69) is 21.2 Å². The van der Waals surface area contributed by atoms with Gasteiger partial charge >= 0.3 is 12.3 Å². The van der Waals surface area contributed by atoms with Gasteiger partial charge in [0, 0.05) is 10.5 Å². The van der Waals surface area contributed by atoms with Crippen molar-refractivity contribution in [2.75, 3.05) is 0 Å². The van der Waals surface area contributed by atoms with Gasteiger partial charge in [-0.3, -0.25) is 0 Å². The molecule has 1 aliphatic rings. The van der Waals surface area contributed by atoms with Crippen molar-refractivity contribution in [3.8, 4) is 5.75 Å². The molecular formula is C18H23BrF3NO3. The SMILES string of the molecule is CC(C)(C)OC(=O)N[C@H]1CC[C@H](Oc2ccc(C(F)(F)F)c(Br)c2)CC1. The maximum absolute atomic E-state index is 12.8. The predicted molar refractivity (Wildman–Crippen MR) is 95.2 cm³/mol. The molecule has 1 aromatic carbocycles. The molecule has 0 saturated heterocycles. The van der Waals surface area contributed by atoms with E-state index < -0.39 is 23.4 Å². The largest absolute Gasteiger partial charge is 0.490 e. The van der Waals surface area contributed by atoms with Crippen LogP contribution >= 0.6 is 15.9 Å². The van der Waals surface area contributed by atoms with E-state index in [0.29, 0.717) is 18.6 Å². The first-order chi connectivity index (χ1) is 11.9. The van der Waals surface area contributed by atoms with Gasteiger partial charge < -0.3 is 14.8 Å². The maximum Gasteiger partial charge on any atom is 0.417 e. The van der Waals surface area contributed by atoms with Crippen molar-refractivity contribution >= 4 is 22.0 Å². The Morgan fingerprint density at radius 2 is 1.77 bits per heavy atom. The lowest BCUT2D eigenvalue weighted by Gasteiger charge is -2.30. The second-order valence-corrected chi connectivity index (χ2v) is 8.23. The van der Waals surface area contributed by atoms with Gasteiger partial charge in [0.05, 0.1) is 11.7 Å². The van der Waals surface area contributed by atoms with E-state index in [1.165, 1.54) is 12.1 Å². The third-order valence-corrected chi connectivity index (χ3v) is 4.60. The number of hydrogen-bond donors (Lipinski definition) is 1. The number of carbonyl (C=O) groups excluding carboxylic acids is 1. The van der Waals surface area contributed by atoms with Crippen LogP contribution < -0.4 is 10.1 Å². The number of rotatable bonds is 3. The standard InChI is InChI=1S/C18H23BrF3NO3/c1-17(2,3)26-16(24)23-11-4-6-12(7-5-11)25-13-8-9-14(15(19)10-13)18(20,21)22/h8-12H,4-7H2,1-3H3,(H,23,24)/t11-,12-. The molecule has 0 heterocycles. The van der Waals surface area contributed by atoms with Crippen molar-refractivity contribution in [2.45, 2.75) is 70.4 Å². The zero-order valence-electron chi connectivity index (χ0n) is 15.0. The Morgan fingerprint density at radius 3 is 2.27 bits per heavy atom. The van der Waals surface area contributed by atoms with Crippen LogP contribution in [0.3, 0.4) is 0 Å². The van der Waals surface area contributed by atoms with Crippen molar-refractivity contribution in [2.24, 2.45) is 0 Å². The molecule has 0 aliphatic heterocycles. The second-order valence-electron chi connectivity index (χ2n) is 7.38. The van der Waals surface area contributed by atoms with E-state index in [0.717, 1.165) is 18.9 Å². The fourth-order valence-electron chi connectivity index (χ4n) is 2.79. The molecule has 0 bridgehead atoms. The summed E-state index contributed by atoms with van der Waals surface area (Å²) in [6.45, 7) is 5.42. The van der Waals surface area contributed by atoms with Crippen LogP contribution in [0.4, 0.5) is 18.0 Å². The summed E-state index contributed by atoms with van der Waals surface area (Å²) in [7, 11) is 0. The molecule has 0 spiro atoms. The van der Waals surface area contributed by atoms with Crippen LogP contribution in [0.5, 0.6) is 5.75 Å². The van der Waals surface area contributed by atoms with E-state index >= 15 is 0 Å². The summed E-state index contributed by atoms with van der Waals surface area (Å²) in [5.41, 5.74) is -1.27. The molecule has 146 valence electrons. The van der Waals surface area contributed by atoms with Crippen LogP contribution in [0.1, 0.15) is 52.0 Å². The lowest BCUT2D eigenvalue weighted by atomic mass is 9.93. The van der Waals surface area contributed by atoms with E-state index in [1.54, 1.807) is 20.8 Å². The number of ether oxygens (including phenoxy) is 2. The lowest BCUT2D eigenvalue weighted by Crippen LogP contribution is -2.42. The van der Waals surface area contributed by atoms with Gasteiger partial charge in [0.1, 0.15) is 11.4 Å². The minimum atomic E-state index is -4.40. The highest BCUT2D eigenvalue weighted by Gasteiger charge is 2.33. The normalized spacial score (nSPS) is 21.2. The third kappa shape index (κ3) is 6.37. The number of amides is 1. The fraction of sp³-hybridized carbons (Fsp3) is 0.611. The molecule has 0 unspecified atom stereocenters. The Kier molecular flexibility index (Phi) is 6.47. The quantitative estimate of drug-likeness (QED) is 0.661. The van der Waals surface area contributed by atoms with Gasteiger partial charge in [-0.05, 0) is 64.7 Å². The number of alkyl halides is 3. The maximum atomic E-state index is 12.8. The molecule has 1 aromatic rings. The fourth-order valence-corrected chi connectivity index (χ4v) is 3.37. The van der Waals surface area contributed by atoms with Crippen LogP contribution in [0.2, 0.25) is 0 Å². The van der Waals surface area contributed by atoms with Gasteiger partial charge in [-0.2, -0.15) is 13.2 Å². The van der Waals surface area contributed by atoms with Crippen LogP contribution in [-0.2, 0) is 10.9 Å². The van der Waals surface area contributed by atoms with Gasteiger partial charge in [0.15, 0.2) is 0 Å². The van der Waals surface area contributed by atoms with Crippen LogP contribution in [0.25, 0.3) is 0 Å². The average Bonchev–Trinajstić information content (AvgIpc) is 2.46. The highest BCUT2D eigenvalue weighted by atomic mass is 79.9. The van der Waals surface area contributed by atoms with E-state index in [-0.39, 0.29) is 16.6 Å². The molecule has 1 saturated carbocycles. The Morgan fingerprint density at radius 1 is 1.15 bits per heavy atom. The van der Waals surface area contributed by atoms with Crippen LogP contribution in [-0.4, -0.2) is 23.8 Å². The molecule has 1 amide bonds. The molecule has 0 atom stereocenters. The Bertz CT molecular complexity index is 636. The zero-order chi connectivity index (χ0) is 19.5. The highest BCUT2D eigenvalue weighted by Crippen LogP contribution is 2.37. The van der Waals surface area contributed by atoms with E-state index in [1.807, 2.05) is 0 Å². The molecule has 0 radical (unpaired) electrons. The first kappa shape index (κ1) is 20.9. The number of carbonyl (C=O) groups is 1. The topological polar surface area (TPSA) is 47.6 Å². The van der Waals surface area contributed by atoms with Crippen molar-refractivity contribution in [1.82, 2.24) is 5.32 Å². The summed E-state index contributed by atoms with van der Waals surface area (Å²) in [5, 5.41) is 2.84. The Labute approximate surface area is 159 Å². The van der Waals surface area contributed by atoms with E-state index in [9.17, 15) is 18.0 Å². The molecule has 1 aliphatic carbocycles. The lowest BCUT2D eigenvalue weighted by molar-refractivity contribution is -0.138. The summed E-state index contributed by atoms with van der Waals surface area (Å²) in [6.07, 6.45) is -2.05. The third-order valence-electron chi connectivity index (χ3n) is 3.94. The smallest absolute Gasteiger partial charge is 0.417 e. The van der Waals surface area contributed by atoms with Gasteiger partial charge in [-0.25, -0.2) is 4.79 Å². The highest BCUT2D eigenvalue weighted by molar-refractivity contribution is 9.10. The summed E-state index contributed by atoms with van der Waals surface area (Å²) < 4.78 is 49.3. The molecule has 26 heavy (non-hydrogen) atoms. The monoisotopic (exact) mass is 437 g/mol. The van der Waals surface area contributed by atoms with Crippen molar-refractivity contribution < 1.29 is 27.4 Å². The number of alkyl carbamates (subject to hydrolysis) is 1. The number of benzene rings is 1. The number of halogens is 4. The first-order valence-corrected chi connectivity index (χ1v) is 9.26. The van der Waals surface area contributed by atoms with Gasteiger partial charge in [-0.1, -0.05) is 15.9 Å². The molecule has 8 heteroatoms.